The summed E-state index contributed by atoms with van der Waals surface area (Å²) in [5, 5.41) is 10.2. The van der Waals surface area contributed by atoms with Crippen LogP contribution in [0.4, 0.5) is 0 Å². The number of carbonyl (C=O) groups is 2. The highest BCUT2D eigenvalue weighted by atomic mass is 35.5. The molecule has 0 saturated carbocycles. The average molecular weight is 387 g/mol. The zero-order valence-corrected chi connectivity index (χ0v) is 15.0. The molecule has 130 valence electrons. The van der Waals surface area contributed by atoms with Gasteiger partial charge < -0.3 is 14.6 Å². The maximum atomic E-state index is 12.4. The number of fused-ring (bicyclic) bond motifs is 5. The summed E-state index contributed by atoms with van der Waals surface area (Å²) in [5.74, 6) is -0.738. The van der Waals surface area contributed by atoms with Gasteiger partial charge in [-0.05, 0) is 24.3 Å². The molecule has 5 nitrogen and oxygen atoms in total. The van der Waals surface area contributed by atoms with Crippen LogP contribution in [-0.2, 0) is 4.74 Å². The number of hydrogen-bond acceptors (Lipinski definition) is 5. The molecule has 0 aliphatic carbocycles. The fourth-order valence-electron chi connectivity index (χ4n) is 3.00. The number of methoxy groups -OCH3 is 1. The fourth-order valence-corrected chi connectivity index (χ4v) is 4.26. The van der Waals surface area contributed by atoms with Crippen molar-refractivity contribution in [2.24, 2.45) is 0 Å². The Morgan fingerprint density at radius 2 is 1.73 bits per heavy atom. The summed E-state index contributed by atoms with van der Waals surface area (Å²) in [6.07, 6.45) is 0. The third-order valence-corrected chi connectivity index (χ3v) is 5.45. The van der Waals surface area contributed by atoms with Crippen molar-refractivity contribution in [2.75, 3.05) is 7.11 Å². The first-order valence-electron chi connectivity index (χ1n) is 7.57. The summed E-state index contributed by atoms with van der Waals surface area (Å²) in [6.45, 7) is 0. The van der Waals surface area contributed by atoms with Crippen LogP contribution >= 0.6 is 22.9 Å². The minimum Gasteiger partial charge on any atom is -0.477 e. The SMILES string of the molecule is COC(=O)c1sc(C(=O)O)c2c1-c1ccccc1Oc1ccc(Cl)cc1-2. The van der Waals surface area contributed by atoms with E-state index in [2.05, 4.69) is 0 Å². The third kappa shape index (κ3) is 2.46. The molecule has 1 aliphatic heterocycles. The highest BCUT2D eigenvalue weighted by molar-refractivity contribution is 7.17. The molecule has 0 bridgehead atoms. The topological polar surface area (TPSA) is 72.8 Å². The second-order valence-electron chi connectivity index (χ2n) is 5.55. The van der Waals surface area contributed by atoms with Crippen LogP contribution in [0.1, 0.15) is 19.3 Å². The Morgan fingerprint density at radius 1 is 1.04 bits per heavy atom. The van der Waals surface area contributed by atoms with Crippen molar-refractivity contribution >= 4 is 34.9 Å². The van der Waals surface area contributed by atoms with Gasteiger partial charge in [-0.2, -0.15) is 0 Å². The number of para-hydroxylation sites is 1. The van der Waals surface area contributed by atoms with Gasteiger partial charge in [0.05, 0.1) is 7.11 Å². The van der Waals surface area contributed by atoms with E-state index in [1.807, 2.05) is 6.07 Å². The average Bonchev–Trinajstić information content (AvgIpc) is 2.97. The molecular weight excluding hydrogens is 376 g/mol. The van der Waals surface area contributed by atoms with Crippen LogP contribution < -0.4 is 4.74 Å². The first-order chi connectivity index (χ1) is 12.5. The predicted octanol–water partition coefficient (Wildman–Crippen LogP) is 5.33. The molecule has 2 heterocycles. The van der Waals surface area contributed by atoms with Gasteiger partial charge in [0.1, 0.15) is 21.3 Å². The monoisotopic (exact) mass is 386 g/mol. The number of halogens is 1. The van der Waals surface area contributed by atoms with Gasteiger partial charge in [-0.25, -0.2) is 9.59 Å². The molecule has 7 heteroatoms. The molecule has 0 atom stereocenters. The van der Waals surface area contributed by atoms with Crippen molar-refractivity contribution in [3.8, 4) is 33.8 Å². The maximum Gasteiger partial charge on any atom is 0.348 e. The van der Waals surface area contributed by atoms with E-state index in [0.717, 1.165) is 11.3 Å². The number of ether oxygens (including phenoxy) is 2. The van der Waals surface area contributed by atoms with Crippen LogP contribution in [0.15, 0.2) is 42.5 Å². The molecule has 4 rings (SSSR count). The Labute approximate surface area is 157 Å². The lowest BCUT2D eigenvalue weighted by atomic mass is 9.94. The van der Waals surface area contributed by atoms with Crippen molar-refractivity contribution in [1.29, 1.82) is 0 Å². The highest BCUT2D eigenvalue weighted by Gasteiger charge is 2.33. The van der Waals surface area contributed by atoms with E-state index in [1.165, 1.54) is 7.11 Å². The molecule has 0 spiro atoms. The van der Waals surface area contributed by atoms with Crippen LogP contribution in [0.2, 0.25) is 5.02 Å². The second-order valence-corrected chi connectivity index (χ2v) is 7.00. The molecule has 1 aromatic heterocycles. The van der Waals surface area contributed by atoms with Crippen LogP contribution in [0.5, 0.6) is 11.5 Å². The van der Waals surface area contributed by atoms with Gasteiger partial charge in [-0.15, -0.1) is 11.3 Å². The first kappa shape index (κ1) is 16.6. The van der Waals surface area contributed by atoms with Gasteiger partial charge in [-0.3, -0.25) is 0 Å². The number of carboxylic acids is 1. The lowest BCUT2D eigenvalue weighted by Crippen LogP contribution is -2.00. The van der Waals surface area contributed by atoms with E-state index in [9.17, 15) is 14.7 Å². The van der Waals surface area contributed by atoms with Crippen LogP contribution in [-0.4, -0.2) is 24.2 Å². The minimum atomic E-state index is -1.13. The number of carbonyl (C=O) groups excluding carboxylic acids is 1. The Bertz CT molecular complexity index is 1070. The fraction of sp³-hybridized carbons (Fsp3) is 0.0526. The quantitative estimate of drug-likeness (QED) is 0.471. The molecule has 26 heavy (non-hydrogen) atoms. The Kier molecular flexibility index (Phi) is 3.94. The Hall–Kier alpha value is -2.83. The number of benzene rings is 2. The second kappa shape index (κ2) is 6.16. The number of rotatable bonds is 2. The molecular formula is C19H11ClO5S. The van der Waals surface area contributed by atoms with Crippen molar-refractivity contribution in [1.82, 2.24) is 0 Å². The van der Waals surface area contributed by atoms with Crippen LogP contribution in [0.3, 0.4) is 0 Å². The van der Waals surface area contributed by atoms with E-state index in [4.69, 9.17) is 21.1 Å². The van der Waals surface area contributed by atoms with Crippen LogP contribution in [0, 0.1) is 0 Å². The Morgan fingerprint density at radius 3 is 2.46 bits per heavy atom. The van der Waals surface area contributed by atoms with E-state index < -0.39 is 11.9 Å². The van der Waals surface area contributed by atoms with Gasteiger partial charge >= 0.3 is 11.9 Å². The molecule has 0 unspecified atom stereocenters. The lowest BCUT2D eigenvalue weighted by Gasteiger charge is -2.09. The smallest absolute Gasteiger partial charge is 0.348 e. The van der Waals surface area contributed by atoms with Gasteiger partial charge in [0, 0.05) is 27.3 Å². The number of aromatic carboxylic acids is 1. The number of hydrogen-bond donors (Lipinski definition) is 1. The zero-order chi connectivity index (χ0) is 18.4. The molecule has 1 N–H and O–H groups in total. The van der Waals surface area contributed by atoms with E-state index >= 15 is 0 Å². The summed E-state index contributed by atoms with van der Waals surface area (Å²) >= 11 is 7.03. The van der Waals surface area contributed by atoms with Crippen molar-refractivity contribution in [3.05, 3.63) is 57.2 Å². The summed E-state index contributed by atoms with van der Waals surface area (Å²) in [6, 6.07) is 12.2. The van der Waals surface area contributed by atoms with Gasteiger partial charge in [-0.1, -0.05) is 29.8 Å². The number of carboxylic acid groups (broad SMARTS) is 1. The van der Waals surface area contributed by atoms with Crippen molar-refractivity contribution in [3.63, 3.8) is 0 Å². The number of thiophene rings is 1. The minimum absolute atomic E-state index is 0.0317. The molecule has 3 aromatic rings. The normalized spacial score (nSPS) is 11.5. The molecule has 0 saturated heterocycles. The maximum absolute atomic E-state index is 12.4. The molecule has 0 amide bonds. The van der Waals surface area contributed by atoms with Crippen molar-refractivity contribution < 1.29 is 24.2 Å². The molecule has 0 radical (unpaired) electrons. The number of esters is 1. The summed E-state index contributed by atoms with van der Waals surface area (Å²) in [5.41, 5.74) is 2.03. The summed E-state index contributed by atoms with van der Waals surface area (Å²) in [4.78, 5) is 24.5. The third-order valence-electron chi connectivity index (χ3n) is 4.06. The summed E-state index contributed by atoms with van der Waals surface area (Å²) < 4.78 is 10.9. The molecule has 1 aliphatic rings. The van der Waals surface area contributed by atoms with Gasteiger partial charge in [0.25, 0.3) is 0 Å². The van der Waals surface area contributed by atoms with Gasteiger partial charge in [0.2, 0.25) is 0 Å². The van der Waals surface area contributed by atoms with E-state index in [-0.39, 0.29) is 9.75 Å². The molecule has 2 aromatic carbocycles. The molecule has 0 fully saturated rings. The van der Waals surface area contributed by atoms with E-state index in [0.29, 0.717) is 38.8 Å². The zero-order valence-electron chi connectivity index (χ0n) is 13.4. The van der Waals surface area contributed by atoms with E-state index in [1.54, 1.807) is 36.4 Å². The largest absolute Gasteiger partial charge is 0.477 e. The van der Waals surface area contributed by atoms with Crippen LogP contribution in [0.25, 0.3) is 22.3 Å². The summed E-state index contributed by atoms with van der Waals surface area (Å²) in [7, 11) is 1.26. The van der Waals surface area contributed by atoms with Gasteiger partial charge in [0.15, 0.2) is 0 Å². The highest BCUT2D eigenvalue weighted by Crippen LogP contribution is 2.52. The predicted molar refractivity (Wildman–Crippen MR) is 98.6 cm³/mol. The first-order valence-corrected chi connectivity index (χ1v) is 8.76. The standard InChI is InChI=1S/C19H11ClO5S/c1-24-19(23)17-14-10-4-2-3-5-12(10)25-13-7-6-9(20)8-11(13)15(14)16(26-17)18(21)22/h2-8H,1H3,(H,21,22). The lowest BCUT2D eigenvalue weighted by molar-refractivity contribution is 0.0606. The van der Waals surface area contributed by atoms with Crippen molar-refractivity contribution in [2.45, 2.75) is 0 Å². The Balaban J connectivity index is 2.19.